The van der Waals surface area contributed by atoms with Gasteiger partial charge in [-0.05, 0) is 12.1 Å². The monoisotopic (exact) mass is 292 g/mol. The van der Waals surface area contributed by atoms with Crippen molar-refractivity contribution in [3.63, 3.8) is 0 Å². The maximum Gasteiger partial charge on any atom is 0.242 e. The molecule has 1 aromatic rings. The molecule has 1 atom stereocenters. The van der Waals surface area contributed by atoms with Crippen molar-refractivity contribution in [3.05, 3.63) is 24.0 Å². The molecule has 1 rings (SSSR count). The van der Waals surface area contributed by atoms with E-state index in [4.69, 9.17) is 15.2 Å². The van der Waals surface area contributed by atoms with Gasteiger partial charge in [0.25, 0.3) is 0 Å². The van der Waals surface area contributed by atoms with Crippen molar-refractivity contribution in [2.75, 3.05) is 33.1 Å². The normalized spacial score (nSPS) is 13.4. The SMILES string of the molecule is COCC(CNS(=O)(=O)c1cccc(F)c1N)OC. The number of hydrogen-bond acceptors (Lipinski definition) is 5. The smallest absolute Gasteiger partial charge is 0.242 e. The molecule has 0 radical (unpaired) electrons. The van der Waals surface area contributed by atoms with Crippen LogP contribution in [0, 0.1) is 5.82 Å². The molecule has 1 aromatic carbocycles. The van der Waals surface area contributed by atoms with Gasteiger partial charge in [-0.25, -0.2) is 17.5 Å². The van der Waals surface area contributed by atoms with Gasteiger partial charge in [-0.1, -0.05) is 6.07 Å². The van der Waals surface area contributed by atoms with Gasteiger partial charge in [0.2, 0.25) is 10.0 Å². The molecule has 0 spiro atoms. The zero-order valence-corrected chi connectivity index (χ0v) is 11.5. The van der Waals surface area contributed by atoms with Crippen LogP contribution >= 0.6 is 0 Å². The molecule has 0 heterocycles. The van der Waals surface area contributed by atoms with Gasteiger partial charge < -0.3 is 15.2 Å². The van der Waals surface area contributed by atoms with Crippen LogP contribution < -0.4 is 10.5 Å². The van der Waals surface area contributed by atoms with E-state index in [1.54, 1.807) is 0 Å². The lowest BCUT2D eigenvalue weighted by molar-refractivity contribution is 0.0320. The van der Waals surface area contributed by atoms with Crippen LogP contribution in [0.25, 0.3) is 0 Å². The number of anilines is 1. The Hall–Kier alpha value is -1.22. The van der Waals surface area contributed by atoms with E-state index in [1.807, 2.05) is 0 Å². The summed E-state index contributed by atoms with van der Waals surface area (Å²) < 4.78 is 49.4. The third-order valence-corrected chi connectivity index (χ3v) is 3.97. The van der Waals surface area contributed by atoms with Crippen LogP contribution in [0.3, 0.4) is 0 Å². The number of nitrogens with one attached hydrogen (secondary N) is 1. The van der Waals surface area contributed by atoms with Crippen molar-refractivity contribution in [2.24, 2.45) is 0 Å². The van der Waals surface area contributed by atoms with Crippen LogP contribution in [0.15, 0.2) is 23.1 Å². The maximum atomic E-state index is 13.2. The lowest BCUT2D eigenvalue weighted by Gasteiger charge is -2.15. The third kappa shape index (κ3) is 4.13. The molecule has 0 saturated heterocycles. The molecule has 108 valence electrons. The molecule has 0 bridgehead atoms. The standard InChI is InChI=1S/C11H17FN2O4S/c1-17-7-8(18-2)6-14-19(15,16)10-5-3-4-9(12)11(10)13/h3-5,8,14H,6-7,13H2,1-2H3. The summed E-state index contributed by atoms with van der Waals surface area (Å²) in [5, 5.41) is 0. The number of benzene rings is 1. The fourth-order valence-corrected chi connectivity index (χ4v) is 2.63. The van der Waals surface area contributed by atoms with Gasteiger partial charge in [-0.15, -0.1) is 0 Å². The summed E-state index contributed by atoms with van der Waals surface area (Å²) in [6, 6.07) is 3.61. The summed E-state index contributed by atoms with van der Waals surface area (Å²) in [5.74, 6) is -0.775. The fraction of sp³-hybridized carbons (Fsp3) is 0.455. The molecule has 19 heavy (non-hydrogen) atoms. The quantitative estimate of drug-likeness (QED) is 0.708. The van der Waals surface area contributed by atoms with Crippen molar-refractivity contribution < 1.29 is 22.3 Å². The Kier molecular flexibility index (Phi) is 5.67. The van der Waals surface area contributed by atoms with Gasteiger partial charge in [-0.2, -0.15) is 0 Å². The second-order valence-corrected chi connectivity index (χ2v) is 5.55. The second-order valence-electron chi connectivity index (χ2n) is 3.82. The predicted molar refractivity (Wildman–Crippen MR) is 68.7 cm³/mol. The Bertz CT molecular complexity index is 521. The minimum absolute atomic E-state index is 0.00261. The van der Waals surface area contributed by atoms with E-state index in [0.29, 0.717) is 0 Å². The van der Waals surface area contributed by atoms with Gasteiger partial charge >= 0.3 is 0 Å². The number of methoxy groups -OCH3 is 2. The lowest BCUT2D eigenvalue weighted by atomic mass is 10.3. The molecule has 0 fully saturated rings. The van der Waals surface area contributed by atoms with E-state index in [1.165, 1.54) is 26.4 Å². The summed E-state index contributed by atoms with van der Waals surface area (Å²) in [6.45, 7) is 0.236. The first-order chi connectivity index (χ1) is 8.92. The zero-order valence-electron chi connectivity index (χ0n) is 10.7. The van der Waals surface area contributed by atoms with E-state index < -0.39 is 27.6 Å². The Labute approximate surface area is 111 Å². The largest absolute Gasteiger partial charge is 0.395 e. The summed E-state index contributed by atoms with van der Waals surface area (Å²) >= 11 is 0. The summed E-state index contributed by atoms with van der Waals surface area (Å²) in [5.41, 5.74) is 5.01. The molecule has 0 amide bonds. The highest BCUT2D eigenvalue weighted by Crippen LogP contribution is 2.20. The van der Waals surface area contributed by atoms with Crippen LogP contribution in [-0.2, 0) is 19.5 Å². The summed E-state index contributed by atoms with van der Waals surface area (Å²) in [6.07, 6.45) is -0.436. The van der Waals surface area contributed by atoms with Gasteiger partial charge in [0, 0.05) is 20.8 Å². The maximum absolute atomic E-state index is 13.2. The molecule has 0 aliphatic carbocycles. The first kappa shape index (κ1) is 15.8. The van der Waals surface area contributed by atoms with Crippen LogP contribution in [0.1, 0.15) is 0 Å². The van der Waals surface area contributed by atoms with Crippen LogP contribution in [0.2, 0.25) is 0 Å². The number of para-hydroxylation sites is 1. The van der Waals surface area contributed by atoms with Crippen molar-refractivity contribution in [1.29, 1.82) is 0 Å². The number of rotatable bonds is 7. The van der Waals surface area contributed by atoms with Crippen molar-refractivity contribution >= 4 is 15.7 Å². The Morgan fingerprint density at radius 2 is 2.11 bits per heavy atom. The van der Waals surface area contributed by atoms with Gasteiger partial charge in [0.15, 0.2) is 0 Å². The molecule has 3 N–H and O–H groups in total. The molecular weight excluding hydrogens is 275 g/mol. The van der Waals surface area contributed by atoms with Crippen LogP contribution in [-0.4, -0.2) is 41.9 Å². The topological polar surface area (TPSA) is 90.7 Å². The Morgan fingerprint density at radius 1 is 1.42 bits per heavy atom. The molecule has 6 nitrogen and oxygen atoms in total. The third-order valence-electron chi connectivity index (χ3n) is 2.49. The molecule has 0 saturated carbocycles. The number of sulfonamides is 1. The number of nitrogen functional groups attached to an aromatic ring is 1. The average molecular weight is 292 g/mol. The molecule has 0 aromatic heterocycles. The highest BCUT2D eigenvalue weighted by atomic mass is 32.2. The van der Waals surface area contributed by atoms with Crippen molar-refractivity contribution in [1.82, 2.24) is 4.72 Å². The first-order valence-electron chi connectivity index (χ1n) is 5.47. The van der Waals surface area contributed by atoms with E-state index in [0.717, 1.165) is 6.07 Å². The summed E-state index contributed by atoms with van der Waals surface area (Å²) in [7, 11) is -0.971. The predicted octanol–water partition coefficient (Wildman–Crippen LogP) is 0.348. The van der Waals surface area contributed by atoms with E-state index in [9.17, 15) is 12.8 Å². The lowest BCUT2D eigenvalue weighted by Crippen LogP contribution is -2.35. The number of ether oxygens (including phenoxy) is 2. The van der Waals surface area contributed by atoms with Crippen LogP contribution in [0.4, 0.5) is 10.1 Å². The van der Waals surface area contributed by atoms with E-state index >= 15 is 0 Å². The molecule has 0 aliphatic rings. The average Bonchev–Trinajstić information content (AvgIpc) is 2.37. The molecule has 1 unspecified atom stereocenters. The molecule has 8 heteroatoms. The van der Waals surface area contributed by atoms with Gasteiger partial charge in [0.1, 0.15) is 10.7 Å². The second kappa shape index (κ2) is 6.80. The Balaban J connectivity index is 2.84. The molecular formula is C11H17FN2O4S. The van der Waals surface area contributed by atoms with Crippen molar-refractivity contribution in [2.45, 2.75) is 11.0 Å². The Morgan fingerprint density at radius 3 is 2.68 bits per heavy atom. The highest BCUT2D eigenvalue weighted by molar-refractivity contribution is 7.89. The fourth-order valence-electron chi connectivity index (χ4n) is 1.43. The minimum atomic E-state index is -3.89. The number of halogens is 1. The van der Waals surface area contributed by atoms with Gasteiger partial charge in [0.05, 0.1) is 18.4 Å². The highest BCUT2D eigenvalue weighted by Gasteiger charge is 2.20. The molecule has 0 aliphatic heterocycles. The summed E-state index contributed by atoms with van der Waals surface area (Å²) in [4.78, 5) is -0.292. The van der Waals surface area contributed by atoms with E-state index in [2.05, 4.69) is 4.72 Å². The van der Waals surface area contributed by atoms with Crippen molar-refractivity contribution in [3.8, 4) is 0 Å². The number of nitrogens with two attached hydrogens (primary N) is 1. The zero-order chi connectivity index (χ0) is 14.5. The minimum Gasteiger partial charge on any atom is -0.395 e. The first-order valence-corrected chi connectivity index (χ1v) is 6.96. The number of hydrogen-bond donors (Lipinski definition) is 2. The van der Waals surface area contributed by atoms with Gasteiger partial charge in [-0.3, -0.25) is 0 Å². The van der Waals surface area contributed by atoms with Crippen LogP contribution in [0.5, 0.6) is 0 Å². The van der Waals surface area contributed by atoms with E-state index in [-0.39, 0.29) is 18.0 Å².